The first-order chi connectivity index (χ1) is 12.1. The monoisotopic (exact) mass is 435 g/mol. The number of carbonyl (C=O) groups is 1. The fourth-order valence-electron chi connectivity index (χ4n) is 3.56. The Morgan fingerprint density at radius 1 is 1.35 bits per heavy atom. The van der Waals surface area contributed by atoms with Gasteiger partial charge in [0.2, 0.25) is 0 Å². The van der Waals surface area contributed by atoms with Crippen molar-refractivity contribution in [2.75, 3.05) is 18.0 Å². The zero-order valence-corrected chi connectivity index (χ0v) is 14.7. The van der Waals surface area contributed by atoms with Crippen LogP contribution in [-0.2, 0) is 0 Å². The molecule has 0 radical (unpaired) electrons. The Kier molecular flexibility index (Phi) is 3.85. The highest BCUT2D eigenvalue weighted by Crippen LogP contribution is 2.39. The number of amides is 1. The van der Waals surface area contributed by atoms with E-state index in [9.17, 15) is 23.1 Å². The molecule has 0 aliphatic carbocycles. The van der Waals surface area contributed by atoms with Crippen LogP contribution in [0, 0.1) is 0 Å². The first-order valence-corrected chi connectivity index (χ1v) is 8.55. The smallest absolute Gasteiger partial charge is 0.418 e. The van der Waals surface area contributed by atoms with Crippen LogP contribution in [0.4, 0.5) is 24.0 Å². The summed E-state index contributed by atoms with van der Waals surface area (Å²) in [6, 6.07) is 2.22. The highest BCUT2D eigenvalue weighted by atomic mass is 79.9. The minimum absolute atomic E-state index is 0.146. The number of aliphatic hydroxyl groups is 1. The molecule has 0 spiro atoms. The number of aromatic nitrogens is 1. The van der Waals surface area contributed by atoms with Crippen molar-refractivity contribution in [2.24, 2.45) is 0 Å². The first kappa shape index (κ1) is 17.4. The third kappa shape index (κ3) is 2.69. The Balaban J connectivity index is 1.63. The van der Waals surface area contributed by atoms with E-state index >= 15 is 0 Å². The maximum Gasteiger partial charge on any atom is 0.418 e. The van der Waals surface area contributed by atoms with Crippen molar-refractivity contribution >= 4 is 39.1 Å². The van der Waals surface area contributed by atoms with Gasteiger partial charge in [0.25, 0.3) is 6.01 Å². The molecule has 3 unspecified atom stereocenters. The molecule has 11 heteroatoms. The molecule has 3 aliphatic heterocycles. The molecule has 3 atom stereocenters. The number of anilines is 1. The van der Waals surface area contributed by atoms with Crippen LogP contribution in [-0.4, -0.2) is 57.5 Å². The number of aliphatic hydroxyl groups excluding tert-OH is 1. The first-order valence-electron chi connectivity index (χ1n) is 7.76. The van der Waals surface area contributed by atoms with Crippen LogP contribution in [0.15, 0.2) is 21.0 Å². The minimum atomic E-state index is -4.78. The van der Waals surface area contributed by atoms with Crippen LogP contribution < -0.4 is 4.90 Å². The van der Waals surface area contributed by atoms with E-state index in [1.54, 1.807) is 4.90 Å². The Hall–Kier alpha value is -2.01. The number of oxazole rings is 1. The van der Waals surface area contributed by atoms with Crippen LogP contribution >= 0.6 is 15.9 Å². The summed E-state index contributed by atoms with van der Waals surface area (Å²) < 4.78 is 44.1. The van der Waals surface area contributed by atoms with Gasteiger partial charge in [-0.25, -0.2) is 4.79 Å². The molecule has 5 rings (SSSR count). The van der Waals surface area contributed by atoms with E-state index in [1.165, 1.54) is 4.90 Å². The van der Waals surface area contributed by atoms with Gasteiger partial charge in [-0.3, -0.25) is 4.90 Å². The zero-order valence-electron chi connectivity index (χ0n) is 13.1. The van der Waals surface area contributed by atoms with Gasteiger partial charge in [-0.2, -0.15) is 18.2 Å². The molecule has 26 heavy (non-hydrogen) atoms. The largest absolute Gasteiger partial charge is 0.465 e. The molecule has 3 saturated heterocycles. The second-order valence-corrected chi connectivity index (χ2v) is 7.28. The van der Waals surface area contributed by atoms with Crippen LogP contribution in [0.5, 0.6) is 0 Å². The molecule has 1 aromatic carbocycles. The van der Waals surface area contributed by atoms with Gasteiger partial charge in [0, 0.05) is 13.1 Å². The summed E-state index contributed by atoms with van der Waals surface area (Å²) in [5.41, 5.74) is 0.116. The van der Waals surface area contributed by atoms with E-state index in [2.05, 4.69) is 20.9 Å². The van der Waals surface area contributed by atoms with Crippen LogP contribution in [0.2, 0.25) is 0 Å². The normalized spacial score (nSPS) is 23.9. The lowest BCUT2D eigenvalue weighted by atomic mass is 9.88. The quantitative estimate of drug-likeness (QED) is 0.752. The van der Waals surface area contributed by atoms with E-state index < -0.39 is 18.4 Å². The molecule has 2 aromatic rings. The Morgan fingerprint density at radius 3 is 2.58 bits per heavy atom. The molecule has 4 heterocycles. The van der Waals surface area contributed by atoms with Gasteiger partial charge in [-0.15, -0.1) is 0 Å². The number of halogens is 4. The Labute approximate surface area is 153 Å². The van der Waals surface area contributed by atoms with Crippen molar-refractivity contribution in [2.45, 2.75) is 30.8 Å². The van der Waals surface area contributed by atoms with Gasteiger partial charge in [-0.1, -0.05) is 0 Å². The third-order valence-electron chi connectivity index (χ3n) is 4.77. The summed E-state index contributed by atoms with van der Waals surface area (Å²) in [7, 11) is 0. The fraction of sp³-hybridized carbons (Fsp3) is 0.467. The number of piperazine rings is 1. The van der Waals surface area contributed by atoms with Crippen molar-refractivity contribution in [3.63, 3.8) is 0 Å². The average Bonchev–Trinajstić information content (AvgIpc) is 2.97. The maximum absolute atomic E-state index is 12.7. The predicted octanol–water partition coefficient (Wildman–Crippen LogP) is 3.13. The second kappa shape index (κ2) is 5.74. The second-order valence-electron chi connectivity index (χ2n) is 6.43. The van der Waals surface area contributed by atoms with Crippen LogP contribution in [0.1, 0.15) is 18.1 Å². The SMILES string of the molecule is O=C(O)N1C2CC1CN(c1nc3cc(C(O)C(F)(F)F)cc(Br)c3o1)C2. The van der Waals surface area contributed by atoms with Gasteiger partial charge in [0.05, 0.1) is 16.6 Å². The lowest BCUT2D eigenvalue weighted by Crippen LogP contribution is -2.70. The standard InChI is InChI=1S/C15H13BrF3N3O4/c16-9-1-6(12(23)15(17,18)19)2-10-11(9)26-13(20-10)21-4-7-3-8(5-21)22(7)14(24)25/h1-2,7-8,12,23H,3-5H2,(H,24,25). The lowest BCUT2D eigenvalue weighted by Gasteiger charge is -2.54. The summed E-state index contributed by atoms with van der Waals surface area (Å²) in [6.45, 7) is 0.816. The summed E-state index contributed by atoms with van der Waals surface area (Å²) in [4.78, 5) is 18.6. The van der Waals surface area contributed by atoms with Crippen molar-refractivity contribution in [3.8, 4) is 0 Å². The minimum Gasteiger partial charge on any atom is -0.465 e. The number of nitrogens with zero attached hydrogens (tertiary/aromatic N) is 3. The Morgan fingerprint density at radius 2 is 2.00 bits per heavy atom. The van der Waals surface area contributed by atoms with Gasteiger partial charge < -0.3 is 19.5 Å². The number of hydrogen-bond donors (Lipinski definition) is 2. The maximum atomic E-state index is 12.7. The number of piperidine rings is 1. The number of alkyl halides is 3. The van der Waals surface area contributed by atoms with Crippen LogP contribution in [0.25, 0.3) is 11.1 Å². The summed E-state index contributed by atoms with van der Waals surface area (Å²) in [5.74, 6) is 0. The molecule has 2 N–H and O–H groups in total. The summed E-state index contributed by atoms with van der Waals surface area (Å²) in [5, 5.41) is 18.6. The van der Waals surface area contributed by atoms with Crippen molar-refractivity contribution in [1.29, 1.82) is 0 Å². The van der Waals surface area contributed by atoms with Crippen molar-refractivity contribution in [1.82, 2.24) is 9.88 Å². The molecular formula is C15H13BrF3N3O4. The van der Waals surface area contributed by atoms with Crippen molar-refractivity contribution < 1.29 is 32.6 Å². The number of fused-ring (bicyclic) bond motifs is 3. The molecule has 1 aromatic heterocycles. The van der Waals surface area contributed by atoms with E-state index in [0.717, 1.165) is 18.6 Å². The molecule has 7 nitrogen and oxygen atoms in total. The number of hydrogen-bond acceptors (Lipinski definition) is 5. The van der Waals surface area contributed by atoms with Gasteiger partial charge in [0.15, 0.2) is 11.7 Å². The molecule has 2 bridgehead atoms. The van der Waals surface area contributed by atoms with E-state index in [1.807, 2.05) is 0 Å². The van der Waals surface area contributed by atoms with Gasteiger partial charge in [-0.05, 0) is 40.0 Å². The third-order valence-corrected chi connectivity index (χ3v) is 5.36. The molecule has 1 amide bonds. The van der Waals surface area contributed by atoms with Gasteiger partial charge >= 0.3 is 12.3 Å². The molecule has 0 saturated carbocycles. The number of carboxylic acid groups (broad SMARTS) is 1. The molecule has 140 valence electrons. The molecule has 3 aliphatic rings. The highest BCUT2D eigenvalue weighted by molar-refractivity contribution is 9.10. The zero-order chi connectivity index (χ0) is 18.8. The van der Waals surface area contributed by atoms with E-state index in [0.29, 0.717) is 13.1 Å². The summed E-state index contributed by atoms with van der Waals surface area (Å²) >= 11 is 3.15. The number of benzene rings is 1. The number of rotatable bonds is 2. The fourth-order valence-corrected chi connectivity index (χ4v) is 4.11. The highest BCUT2D eigenvalue weighted by Gasteiger charge is 2.48. The topological polar surface area (TPSA) is 90.0 Å². The van der Waals surface area contributed by atoms with Crippen LogP contribution in [0.3, 0.4) is 0 Å². The molecular weight excluding hydrogens is 423 g/mol. The molecule has 3 fully saturated rings. The lowest BCUT2D eigenvalue weighted by molar-refractivity contribution is -0.206. The van der Waals surface area contributed by atoms with Gasteiger partial charge in [0.1, 0.15) is 5.52 Å². The van der Waals surface area contributed by atoms with E-state index in [4.69, 9.17) is 9.52 Å². The van der Waals surface area contributed by atoms with E-state index in [-0.39, 0.29) is 39.2 Å². The Bertz CT molecular complexity index is 875. The summed E-state index contributed by atoms with van der Waals surface area (Å²) in [6.07, 6.45) is -7.59. The average molecular weight is 436 g/mol. The predicted molar refractivity (Wildman–Crippen MR) is 87.0 cm³/mol. The van der Waals surface area contributed by atoms with Crippen molar-refractivity contribution in [3.05, 3.63) is 22.2 Å².